The molecule has 2 aromatic carbocycles. The smallest absolute Gasteiger partial charge is 0.396 e. The standard InChI is InChI=1S/C25H22ClF3N4O2S/c1-32(13-24(14-34)6-7-24)23-31-22(35)21(36-23)9-15-2-5-20-17(8-15)11-30-33(20)12-16-3-4-18(26)10-19(16)25(27,28)29/h2-5,8-11,34H,6-7,12-14H2,1H3. The Morgan fingerprint density at radius 1 is 1.25 bits per heavy atom. The van der Waals surface area contributed by atoms with Crippen LogP contribution in [-0.4, -0.2) is 51.1 Å². The van der Waals surface area contributed by atoms with Gasteiger partial charge in [-0.2, -0.15) is 23.3 Å². The van der Waals surface area contributed by atoms with Crippen LogP contribution in [0.15, 0.2) is 52.5 Å². The van der Waals surface area contributed by atoms with Gasteiger partial charge in [-0.05, 0) is 66.1 Å². The molecular weight excluding hydrogens is 513 g/mol. The molecule has 0 bridgehead atoms. The Labute approximate surface area is 214 Å². The first-order valence-corrected chi connectivity index (χ1v) is 12.4. The summed E-state index contributed by atoms with van der Waals surface area (Å²) in [6.45, 7) is 0.697. The topological polar surface area (TPSA) is 70.7 Å². The second-order valence-corrected chi connectivity index (χ2v) is 10.7. The Bertz CT molecular complexity index is 1410. The van der Waals surface area contributed by atoms with Crippen LogP contribution in [0.25, 0.3) is 17.0 Å². The van der Waals surface area contributed by atoms with Crippen molar-refractivity contribution in [2.24, 2.45) is 10.4 Å². The maximum absolute atomic E-state index is 13.5. The van der Waals surface area contributed by atoms with E-state index in [0.29, 0.717) is 22.1 Å². The van der Waals surface area contributed by atoms with Crippen LogP contribution in [0.1, 0.15) is 29.5 Å². The summed E-state index contributed by atoms with van der Waals surface area (Å²) in [6, 6.07) is 9.11. The van der Waals surface area contributed by atoms with Gasteiger partial charge in [0.1, 0.15) is 0 Å². The fourth-order valence-electron chi connectivity index (χ4n) is 4.26. The number of rotatable bonds is 6. The Hall–Kier alpha value is -2.82. The third-order valence-corrected chi connectivity index (χ3v) is 7.79. The number of benzene rings is 2. The van der Waals surface area contributed by atoms with E-state index in [1.807, 2.05) is 18.0 Å². The van der Waals surface area contributed by atoms with Crippen molar-refractivity contribution in [2.45, 2.75) is 25.6 Å². The molecule has 1 N–H and O–H groups in total. The van der Waals surface area contributed by atoms with Crippen LogP contribution in [0.5, 0.6) is 0 Å². The first-order valence-electron chi connectivity index (χ1n) is 11.2. The van der Waals surface area contributed by atoms with Crippen molar-refractivity contribution >= 4 is 51.4 Å². The number of carbonyl (C=O) groups is 1. The Morgan fingerprint density at radius 2 is 2.03 bits per heavy atom. The van der Waals surface area contributed by atoms with Gasteiger partial charge in [-0.15, -0.1) is 0 Å². The van der Waals surface area contributed by atoms with E-state index in [9.17, 15) is 23.1 Å². The lowest BCUT2D eigenvalue weighted by Crippen LogP contribution is -2.31. The molecule has 2 aliphatic rings. The number of fused-ring (bicyclic) bond motifs is 1. The second-order valence-electron chi connectivity index (χ2n) is 9.24. The monoisotopic (exact) mass is 534 g/mol. The summed E-state index contributed by atoms with van der Waals surface area (Å²) in [7, 11) is 1.86. The minimum Gasteiger partial charge on any atom is -0.396 e. The number of hydrogen-bond donors (Lipinski definition) is 1. The van der Waals surface area contributed by atoms with Crippen molar-refractivity contribution in [2.75, 3.05) is 20.2 Å². The first-order chi connectivity index (χ1) is 17.1. The van der Waals surface area contributed by atoms with E-state index in [-0.39, 0.29) is 35.1 Å². The van der Waals surface area contributed by atoms with Crippen LogP contribution < -0.4 is 0 Å². The summed E-state index contributed by atoms with van der Waals surface area (Å²) in [5.41, 5.74) is 0.614. The van der Waals surface area contributed by atoms with Gasteiger partial charge in [-0.3, -0.25) is 9.48 Å². The Kier molecular flexibility index (Phi) is 6.38. The minimum atomic E-state index is -4.53. The van der Waals surface area contributed by atoms with E-state index in [1.165, 1.54) is 28.6 Å². The number of aliphatic hydroxyl groups excluding tert-OH is 1. The van der Waals surface area contributed by atoms with Crippen LogP contribution in [0.3, 0.4) is 0 Å². The van der Waals surface area contributed by atoms with E-state index >= 15 is 0 Å². The lowest BCUT2D eigenvalue weighted by molar-refractivity contribution is -0.138. The van der Waals surface area contributed by atoms with Gasteiger partial charge in [-0.25, -0.2) is 0 Å². The zero-order valence-electron chi connectivity index (χ0n) is 19.2. The molecule has 5 rings (SSSR count). The second kappa shape index (κ2) is 9.24. The van der Waals surface area contributed by atoms with Gasteiger partial charge in [0.05, 0.1) is 35.3 Å². The SMILES string of the molecule is CN(CC1(CO)CC1)C1=NC(=O)C(=Cc2ccc3c(cnn3Cc3ccc(Cl)cc3C(F)(F)F)c2)S1. The van der Waals surface area contributed by atoms with E-state index in [0.717, 1.165) is 29.9 Å². The first kappa shape index (κ1) is 24.9. The highest BCUT2D eigenvalue weighted by atomic mass is 35.5. The summed E-state index contributed by atoms with van der Waals surface area (Å²) in [6.07, 6.45) is 0.732. The average Bonchev–Trinajstić information content (AvgIpc) is 3.35. The molecule has 1 fully saturated rings. The van der Waals surface area contributed by atoms with E-state index < -0.39 is 11.7 Å². The van der Waals surface area contributed by atoms with Gasteiger partial charge in [0, 0.05) is 29.4 Å². The number of halogens is 4. The number of carbonyl (C=O) groups excluding carboxylic acids is 1. The molecule has 0 spiro atoms. The van der Waals surface area contributed by atoms with Crippen LogP contribution in [0.2, 0.25) is 5.02 Å². The molecular formula is C25H22ClF3N4O2S. The normalized spacial score (nSPS) is 18.2. The van der Waals surface area contributed by atoms with Crippen molar-refractivity contribution in [3.63, 3.8) is 0 Å². The van der Waals surface area contributed by atoms with E-state index in [2.05, 4.69) is 10.1 Å². The zero-order valence-corrected chi connectivity index (χ0v) is 20.8. The summed E-state index contributed by atoms with van der Waals surface area (Å²) in [4.78, 5) is 19.0. The lowest BCUT2D eigenvalue weighted by Gasteiger charge is -2.22. The molecule has 11 heteroatoms. The fraction of sp³-hybridized carbons (Fsp3) is 0.320. The van der Waals surface area contributed by atoms with Crippen LogP contribution in [0.4, 0.5) is 13.2 Å². The molecule has 0 atom stereocenters. The maximum atomic E-state index is 13.5. The molecule has 1 amide bonds. The van der Waals surface area contributed by atoms with Crippen molar-refractivity contribution in [1.82, 2.24) is 14.7 Å². The van der Waals surface area contributed by atoms with Crippen molar-refractivity contribution in [1.29, 1.82) is 0 Å². The molecule has 188 valence electrons. The van der Waals surface area contributed by atoms with Gasteiger partial charge in [-0.1, -0.05) is 23.7 Å². The Morgan fingerprint density at radius 3 is 2.72 bits per heavy atom. The summed E-state index contributed by atoms with van der Waals surface area (Å²) < 4.78 is 41.9. The fourth-order valence-corrected chi connectivity index (χ4v) is 5.31. The molecule has 1 aromatic heterocycles. The number of alkyl halides is 3. The molecule has 1 aliphatic carbocycles. The predicted octanol–water partition coefficient (Wildman–Crippen LogP) is 5.43. The Balaban J connectivity index is 1.34. The van der Waals surface area contributed by atoms with E-state index in [4.69, 9.17) is 11.6 Å². The third-order valence-electron chi connectivity index (χ3n) is 6.46. The van der Waals surface area contributed by atoms with E-state index in [1.54, 1.807) is 24.4 Å². The molecule has 6 nitrogen and oxygen atoms in total. The van der Waals surface area contributed by atoms with Crippen molar-refractivity contribution < 1.29 is 23.1 Å². The van der Waals surface area contributed by atoms with Gasteiger partial charge >= 0.3 is 6.18 Å². The molecule has 3 aromatic rings. The number of nitrogens with zero attached hydrogens (tertiary/aromatic N) is 4. The van der Waals surface area contributed by atoms with Gasteiger partial charge in [0.15, 0.2) is 5.17 Å². The number of thioether (sulfide) groups is 1. The molecule has 0 saturated heterocycles. The molecule has 0 radical (unpaired) electrons. The number of amidine groups is 1. The highest BCUT2D eigenvalue weighted by Crippen LogP contribution is 2.46. The number of hydrogen-bond acceptors (Lipinski definition) is 5. The maximum Gasteiger partial charge on any atom is 0.416 e. The molecule has 36 heavy (non-hydrogen) atoms. The van der Waals surface area contributed by atoms with Crippen LogP contribution >= 0.6 is 23.4 Å². The molecule has 1 saturated carbocycles. The van der Waals surface area contributed by atoms with Gasteiger partial charge in [0.2, 0.25) is 0 Å². The van der Waals surface area contributed by atoms with Crippen LogP contribution in [-0.2, 0) is 17.5 Å². The molecule has 1 aliphatic heterocycles. The molecule has 0 unspecified atom stereocenters. The van der Waals surface area contributed by atoms with Gasteiger partial charge < -0.3 is 10.0 Å². The number of amides is 1. The predicted molar refractivity (Wildman–Crippen MR) is 135 cm³/mol. The number of aliphatic imine (C=N–C) groups is 1. The zero-order chi connectivity index (χ0) is 25.7. The minimum absolute atomic E-state index is 0.0205. The summed E-state index contributed by atoms with van der Waals surface area (Å²) in [5.74, 6) is -0.325. The average molecular weight is 535 g/mol. The third kappa shape index (κ3) is 5.02. The largest absolute Gasteiger partial charge is 0.416 e. The molecule has 2 heterocycles. The van der Waals surface area contributed by atoms with Crippen molar-refractivity contribution in [3.05, 3.63) is 69.2 Å². The highest BCUT2D eigenvalue weighted by Gasteiger charge is 2.44. The van der Waals surface area contributed by atoms with Crippen LogP contribution in [0, 0.1) is 5.41 Å². The number of aliphatic hydroxyl groups is 1. The summed E-state index contributed by atoms with van der Waals surface area (Å²) in [5, 5.41) is 15.2. The highest BCUT2D eigenvalue weighted by molar-refractivity contribution is 8.18. The lowest BCUT2D eigenvalue weighted by atomic mass is 10.1. The van der Waals surface area contributed by atoms with Gasteiger partial charge in [0.25, 0.3) is 5.91 Å². The quantitative estimate of drug-likeness (QED) is 0.427. The number of aromatic nitrogens is 2. The summed E-state index contributed by atoms with van der Waals surface area (Å²) >= 11 is 7.07. The van der Waals surface area contributed by atoms with Crippen molar-refractivity contribution in [3.8, 4) is 0 Å².